The Morgan fingerprint density at radius 3 is 0.879 bits per heavy atom. The lowest BCUT2D eigenvalue weighted by molar-refractivity contribution is 0.0109. The topological polar surface area (TPSA) is 77.4 Å². The van der Waals surface area contributed by atoms with Crippen molar-refractivity contribution in [2.24, 2.45) is 0 Å². The van der Waals surface area contributed by atoms with Crippen LogP contribution < -0.4 is 9.47 Å². The summed E-state index contributed by atoms with van der Waals surface area (Å²) in [6.07, 6.45) is 42.1. The van der Waals surface area contributed by atoms with E-state index in [2.05, 4.69) is 13.8 Å². The molecule has 0 aromatic heterocycles. The number of rotatable bonds is 44. The van der Waals surface area contributed by atoms with Crippen molar-refractivity contribution in [3.63, 3.8) is 0 Å². The smallest absolute Gasteiger partial charge is 0.120 e. The van der Waals surface area contributed by atoms with Crippen LogP contribution in [0.15, 0.2) is 36.4 Å². The van der Waals surface area contributed by atoms with Crippen LogP contribution in [0.25, 0.3) is 10.8 Å². The quantitative estimate of drug-likeness (QED) is 0.0649. The van der Waals surface area contributed by atoms with Gasteiger partial charge in [0.15, 0.2) is 0 Å². The van der Waals surface area contributed by atoms with E-state index in [0.717, 1.165) is 35.1 Å². The van der Waals surface area contributed by atoms with Crippen molar-refractivity contribution < 1.29 is 29.2 Å². The monoisotopic (exact) mass is 813 g/mol. The van der Waals surface area contributed by atoms with Crippen LogP contribution >= 0.6 is 0 Å². The number of hydrogen-bond donors (Lipinski definition) is 2. The Kier molecular flexibility index (Phi) is 35.4. The first kappa shape index (κ1) is 52.3. The summed E-state index contributed by atoms with van der Waals surface area (Å²) in [5, 5.41) is 22.8. The number of aliphatic hydroxyl groups is 2. The molecule has 2 aromatic carbocycles. The third kappa shape index (κ3) is 31.1. The van der Waals surface area contributed by atoms with Gasteiger partial charge in [-0.2, -0.15) is 0 Å². The zero-order chi connectivity index (χ0) is 41.4. The van der Waals surface area contributed by atoms with Crippen LogP contribution in [-0.2, 0) is 9.47 Å². The maximum Gasteiger partial charge on any atom is 0.120 e. The Morgan fingerprint density at radius 1 is 0.345 bits per heavy atom. The maximum absolute atomic E-state index is 10.4. The molecular formula is C52H92O6. The van der Waals surface area contributed by atoms with Crippen molar-refractivity contribution in [1.82, 2.24) is 0 Å². The molecule has 58 heavy (non-hydrogen) atoms. The number of ether oxygens (including phenoxy) is 4. The summed E-state index contributed by atoms with van der Waals surface area (Å²) >= 11 is 0. The van der Waals surface area contributed by atoms with Gasteiger partial charge >= 0.3 is 0 Å². The van der Waals surface area contributed by atoms with Gasteiger partial charge in [0.2, 0.25) is 0 Å². The van der Waals surface area contributed by atoms with Crippen molar-refractivity contribution >= 4 is 10.8 Å². The molecule has 0 aliphatic rings. The lowest BCUT2D eigenvalue weighted by Crippen LogP contribution is -2.23. The largest absolute Gasteiger partial charge is 0.491 e. The first-order valence-electron chi connectivity index (χ1n) is 24.9. The van der Waals surface area contributed by atoms with Crippen LogP contribution in [0, 0.1) is 0 Å². The summed E-state index contributed by atoms with van der Waals surface area (Å²) in [5.41, 5.74) is 0. The Labute approximate surface area is 357 Å². The fraction of sp³-hybridized carbons (Fsp3) is 0.808. The minimum Gasteiger partial charge on any atom is -0.491 e. The molecule has 0 bridgehead atoms. The highest BCUT2D eigenvalue weighted by Crippen LogP contribution is 2.25. The second-order valence-electron chi connectivity index (χ2n) is 17.4. The minimum atomic E-state index is -0.656. The standard InChI is InChI=1S/C52H92O6/c1-3-5-7-9-11-13-15-17-19-21-23-25-27-29-31-33-39-55-43-49(53)45-57-51-37-35-48-42-52(38-36-47(48)41-51)58-46-50(54)44-56-40-34-32-30-28-26-24-22-20-18-16-14-12-10-8-6-4-2/h35-38,41-42,49-50,53-54H,3-34,39-40,43-46H2,1-2H3. The first-order valence-corrected chi connectivity index (χ1v) is 24.9. The van der Waals surface area contributed by atoms with E-state index in [1.807, 2.05) is 36.4 Å². The minimum absolute atomic E-state index is 0.199. The second kappa shape index (κ2) is 39.3. The lowest BCUT2D eigenvalue weighted by atomic mass is 10.0. The number of unbranched alkanes of at least 4 members (excludes halogenated alkanes) is 30. The summed E-state index contributed by atoms with van der Waals surface area (Å²) in [6, 6.07) is 11.8. The molecule has 0 saturated carbocycles. The third-order valence-electron chi connectivity index (χ3n) is 11.6. The van der Waals surface area contributed by atoms with Gasteiger partial charge in [0.1, 0.15) is 36.9 Å². The predicted octanol–water partition coefficient (Wildman–Crippen LogP) is 14.9. The molecule has 2 rings (SSSR count). The van der Waals surface area contributed by atoms with Crippen LogP contribution in [0.1, 0.15) is 219 Å². The van der Waals surface area contributed by atoms with Crippen LogP contribution in [0.3, 0.4) is 0 Å². The average molecular weight is 813 g/mol. The summed E-state index contributed by atoms with van der Waals surface area (Å²) in [7, 11) is 0. The zero-order valence-electron chi connectivity index (χ0n) is 38.0. The van der Waals surface area contributed by atoms with Gasteiger partial charge in [-0.05, 0) is 47.9 Å². The van der Waals surface area contributed by atoms with Gasteiger partial charge in [0, 0.05) is 13.2 Å². The summed E-state index contributed by atoms with van der Waals surface area (Å²) in [4.78, 5) is 0. The van der Waals surface area contributed by atoms with Gasteiger partial charge in [-0.15, -0.1) is 0 Å². The number of benzene rings is 2. The fourth-order valence-corrected chi connectivity index (χ4v) is 7.81. The van der Waals surface area contributed by atoms with Crippen LogP contribution in [0.2, 0.25) is 0 Å². The normalized spacial score (nSPS) is 12.7. The molecule has 2 aromatic rings. The molecule has 0 amide bonds. The van der Waals surface area contributed by atoms with Crippen molar-refractivity contribution in [1.29, 1.82) is 0 Å². The zero-order valence-corrected chi connectivity index (χ0v) is 38.0. The SMILES string of the molecule is CCCCCCCCCCCCCCCCCCOCC(O)COc1ccc2cc(OCC(O)COCCCCCCCCCCCCCCCCCC)ccc2c1. The molecular weight excluding hydrogens is 721 g/mol. The molecule has 0 heterocycles. The fourth-order valence-electron chi connectivity index (χ4n) is 7.81. The van der Waals surface area contributed by atoms with Crippen molar-refractivity contribution in [2.45, 2.75) is 232 Å². The van der Waals surface area contributed by atoms with Crippen molar-refractivity contribution in [2.75, 3.05) is 39.6 Å². The second-order valence-corrected chi connectivity index (χ2v) is 17.4. The Bertz CT molecular complexity index is 1070. The van der Waals surface area contributed by atoms with Gasteiger partial charge in [-0.3, -0.25) is 0 Å². The highest BCUT2D eigenvalue weighted by molar-refractivity contribution is 5.85. The van der Waals surface area contributed by atoms with E-state index in [0.29, 0.717) is 26.4 Å². The molecule has 336 valence electrons. The van der Waals surface area contributed by atoms with E-state index in [-0.39, 0.29) is 13.2 Å². The highest BCUT2D eigenvalue weighted by atomic mass is 16.5. The third-order valence-corrected chi connectivity index (χ3v) is 11.6. The van der Waals surface area contributed by atoms with Crippen molar-refractivity contribution in [3.05, 3.63) is 36.4 Å². The van der Waals surface area contributed by atoms with E-state index in [4.69, 9.17) is 18.9 Å². The van der Waals surface area contributed by atoms with E-state index >= 15 is 0 Å². The Hall–Kier alpha value is -1.86. The highest BCUT2D eigenvalue weighted by Gasteiger charge is 2.09. The molecule has 0 saturated heterocycles. The molecule has 6 heteroatoms. The summed E-state index contributed by atoms with van der Waals surface area (Å²) in [5.74, 6) is 1.44. The number of hydrogen-bond acceptors (Lipinski definition) is 6. The predicted molar refractivity (Wildman–Crippen MR) is 248 cm³/mol. The van der Waals surface area contributed by atoms with Gasteiger partial charge in [0.05, 0.1) is 13.2 Å². The first-order chi connectivity index (χ1) is 28.6. The molecule has 0 radical (unpaired) electrons. The average Bonchev–Trinajstić information content (AvgIpc) is 3.24. The lowest BCUT2D eigenvalue weighted by Gasteiger charge is -2.14. The van der Waals surface area contributed by atoms with Crippen LogP contribution in [0.4, 0.5) is 0 Å². The van der Waals surface area contributed by atoms with Gasteiger partial charge in [0.25, 0.3) is 0 Å². The molecule has 6 nitrogen and oxygen atoms in total. The van der Waals surface area contributed by atoms with Crippen LogP contribution in [0.5, 0.6) is 11.5 Å². The number of fused-ring (bicyclic) bond motifs is 1. The molecule has 0 fully saturated rings. The molecule has 0 spiro atoms. The maximum atomic E-state index is 10.4. The molecule has 2 atom stereocenters. The van der Waals surface area contributed by atoms with E-state index in [1.54, 1.807) is 0 Å². The Morgan fingerprint density at radius 2 is 0.603 bits per heavy atom. The van der Waals surface area contributed by atoms with Gasteiger partial charge in [-0.1, -0.05) is 219 Å². The molecule has 0 aliphatic carbocycles. The molecule has 2 N–H and O–H groups in total. The molecule has 0 aliphatic heterocycles. The van der Waals surface area contributed by atoms with Crippen LogP contribution in [-0.4, -0.2) is 62.1 Å². The van der Waals surface area contributed by atoms with E-state index < -0.39 is 12.2 Å². The van der Waals surface area contributed by atoms with Crippen molar-refractivity contribution in [3.8, 4) is 11.5 Å². The van der Waals surface area contributed by atoms with E-state index in [1.165, 1.54) is 193 Å². The summed E-state index contributed by atoms with van der Waals surface area (Å²) in [6.45, 7) is 6.95. The summed E-state index contributed by atoms with van der Waals surface area (Å²) < 4.78 is 23.2. The molecule has 2 unspecified atom stereocenters. The Balaban J connectivity index is 1.39. The van der Waals surface area contributed by atoms with E-state index in [9.17, 15) is 10.2 Å². The number of aliphatic hydroxyl groups excluding tert-OH is 2. The van der Waals surface area contributed by atoms with Gasteiger partial charge in [-0.25, -0.2) is 0 Å². The van der Waals surface area contributed by atoms with Gasteiger partial charge < -0.3 is 29.2 Å².